The van der Waals surface area contributed by atoms with Crippen LogP contribution in [-0.2, 0) is 41.7 Å². The SMILES string of the molecule is CC(=O)N[C@H](CC(C)C)C(=O)NC(Cc1ccc(OCc2ccccc2)cc1)C(O)N[C@@H](CC(=O)OC(C)(C)C)C(=O)NCCOCCN=[N+]=[N-]. The lowest BCUT2D eigenvalue weighted by molar-refractivity contribution is -0.157. The minimum Gasteiger partial charge on any atom is -0.489 e. The Bertz CT molecular complexity index is 1430. The summed E-state index contributed by atoms with van der Waals surface area (Å²) in [6, 6.07) is 13.7. The predicted octanol–water partition coefficient (Wildman–Crippen LogP) is 3.30. The Balaban J connectivity index is 2.28. The Kier molecular flexibility index (Phi) is 18.5. The van der Waals surface area contributed by atoms with Crippen LogP contribution in [0.15, 0.2) is 59.7 Å². The van der Waals surface area contributed by atoms with Gasteiger partial charge in [-0.15, -0.1) is 0 Å². The maximum absolute atomic E-state index is 13.5. The van der Waals surface area contributed by atoms with E-state index in [2.05, 4.69) is 31.3 Å². The van der Waals surface area contributed by atoms with Gasteiger partial charge in [0.1, 0.15) is 30.2 Å². The van der Waals surface area contributed by atoms with E-state index in [-0.39, 0.29) is 44.5 Å². The van der Waals surface area contributed by atoms with E-state index >= 15 is 0 Å². The van der Waals surface area contributed by atoms with Crippen molar-refractivity contribution >= 4 is 23.7 Å². The summed E-state index contributed by atoms with van der Waals surface area (Å²) in [5, 5.41) is 25.9. The fraction of sp³-hybridized carbons (Fsp3) is 0.556. The zero-order valence-corrected chi connectivity index (χ0v) is 30.4. The average molecular weight is 712 g/mol. The van der Waals surface area contributed by atoms with Crippen molar-refractivity contribution in [1.29, 1.82) is 0 Å². The first-order valence-electron chi connectivity index (χ1n) is 17.0. The average Bonchev–Trinajstić information content (AvgIpc) is 3.05. The van der Waals surface area contributed by atoms with Crippen molar-refractivity contribution in [3.8, 4) is 5.75 Å². The van der Waals surface area contributed by atoms with E-state index in [1.54, 1.807) is 45.0 Å². The molecule has 0 fully saturated rings. The van der Waals surface area contributed by atoms with Gasteiger partial charge in [-0.05, 0) is 68.3 Å². The molecule has 4 atom stereocenters. The molecule has 3 amide bonds. The second kappa shape index (κ2) is 22.2. The lowest BCUT2D eigenvalue weighted by atomic mass is 10.00. The van der Waals surface area contributed by atoms with E-state index in [1.165, 1.54) is 6.92 Å². The van der Waals surface area contributed by atoms with Crippen molar-refractivity contribution in [3.63, 3.8) is 0 Å². The Labute approximate surface area is 299 Å². The number of hydrogen-bond donors (Lipinski definition) is 5. The van der Waals surface area contributed by atoms with Crippen LogP contribution >= 0.6 is 0 Å². The molecule has 2 aromatic carbocycles. The van der Waals surface area contributed by atoms with Crippen LogP contribution in [-0.4, -0.2) is 85.1 Å². The van der Waals surface area contributed by atoms with E-state index in [9.17, 15) is 24.3 Å². The van der Waals surface area contributed by atoms with E-state index < -0.39 is 54.2 Å². The number of carbonyl (C=O) groups is 4. The maximum Gasteiger partial charge on any atom is 0.308 e. The summed E-state index contributed by atoms with van der Waals surface area (Å²) in [6.45, 7) is 11.1. The Morgan fingerprint density at radius 3 is 2.22 bits per heavy atom. The number of carbonyl (C=O) groups excluding carboxylic acids is 4. The lowest BCUT2D eigenvalue weighted by Gasteiger charge is -2.30. The maximum atomic E-state index is 13.5. The monoisotopic (exact) mass is 711 g/mol. The predicted molar refractivity (Wildman–Crippen MR) is 191 cm³/mol. The molecule has 0 aliphatic carbocycles. The van der Waals surface area contributed by atoms with Crippen LogP contribution in [0.5, 0.6) is 5.75 Å². The molecule has 0 spiro atoms. The van der Waals surface area contributed by atoms with Crippen molar-refractivity contribution in [2.75, 3.05) is 26.3 Å². The molecule has 2 aromatic rings. The van der Waals surface area contributed by atoms with Gasteiger partial charge in [-0.1, -0.05) is 61.4 Å². The van der Waals surface area contributed by atoms with Crippen molar-refractivity contribution in [2.24, 2.45) is 11.0 Å². The number of hydrogen-bond acceptors (Lipinski definition) is 10. The first-order valence-corrected chi connectivity index (χ1v) is 17.0. The molecular formula is C36H53N7O8. The number of esters is 1. The van der Waals surface area contributed by atoms with E-state index in [0.717, 1.165) is 11.1 Å². The molecule has 15 heteroatoms. The molecule has 0 saturated heterocycles. The number of rotatable bonds is 22. The summed E-state index contributed by atoms with van der Waals surface area (Å²) in [5.41, 5.74) is 9.31. The Morgan fingerprint density at radius 1 is 0.922 bits per heavy atom. The van der Waals surface area contributed by atoms with Gasteiger partial charge >= 0.3 is 5.97 Å². The van der Waals surface area contributed by atoms with Crippen LogP contribution in [0.2, 0.25) is 0 Å². The smallest absolute Gasteiger partial charge is 0.308 e. The van der Waals surface area contributed by atoms with Gasteiger partial charge < -0.3 is 35.3 Å². The molecule has 0 aliphatic heterocycles. The molecule has 2 unspecified atom stereocenters. The summed E-state index contributed by atoms with van der Waals surface area (Å²) < 4.78 is 16.7. The van der Waals surface area contributed by atoms with Crippen molar-refractivity contribution < 1.29 is 38.5 Å². The number of ether oxygens (including phenoxy) is 3. The van der Waals surface area contributed by atoms with Crippen LogP contribution in [0.25, 0.3) is 10.4 Å². The van der Waals surface area contributed by atoms with Crippen LogP contribution < -0.4 is 26.0 Å². The van der Waals surface area contributed by atoms with Crippen molar-refractivity contribution in [1.82, 2.24) is 21.3 Å². The molecule has 0 aromatic heterocycles. The van der Waals surface area contributed by atoms with Crippen LogP contribution in [0.3, 0.4) is 0 Å². The van der Waals surface area contributed by atoms with Gasteiger partial charge in [0.15, 0.2) is 0 Å². The number of aliphatic hydroxyl groups is 1. The number of nitrogens with zero attached hydrogens (tertiary/aromatic N) is 3. The number of amides is 3. The highest BCUT2D eigenvalue weighted by Crippen LogP contribution is 2.17. The second-order valence-electron chi connectivity index (χ2n) is 13.4. The second-order valence-corrected chi connectivity index (χ2v) is 13.4. The topological polar surface area (TPSA) is 213 Å². The van der Waals surface area contributed by atoms with Gasteiger partial charge in [-0.25, -0.2) is 0 Å². The summed E-state index contributed by atoms with van der Waals surface area (Å²) >= 11 is 0. The molecule has 15 nitrogen and oxygen atoms in total. The number of nitrogens with one attached hydrogen (secondary N) is 4. The highest BCUT2D eigenvalue weighted by molar-refractivity contribution is 5.87. The summed E-state index contributed by atoms with van der Waals surface area (Å²) in [7, 11) is 0. The van der Waals surface area contributed by atoms with E-state index in [1.807, 2.05) is 44.2 Å². The molecule has 5 N–H and O–H groups in total. The number of aliphatic hydroxyl groups excluding tert-OH is 1. The molecular weight excluding hydrogens is 658 g/mol. The summed E-state index contributed by atoms with van der Waals surface area (Å²) in [4.78, 5) is 54.3. The highest BCUT2D eigenvalue weighted by atomic mass is 16.6. The molecule has 0 heterocycles. The largest absolute Gasteiger partial charge is 0.489 e. The van der Waals surface area contributed by atoms with Gasteiger partial charge in [0.2, 0.25) is 17.7 Å². The third-order valence-corrected chi connectivity index (χ3v) is 7.16. The van der Waals surface area contributed by atoms with Gasteiger partial charge in [0.05, 0.1) is 31.7 Å². The molecule has 0 radical (unpaired) electrons. The van der Waals surface area contributed by atoms with Gasteiger partial charge in [-0.3, -0.25) is 24.5 Å². The fourth-order valence-corrected chi connectivity index (χ4v) is 4.91. The zero-order chi connectivity index (χ0) is 37.8. The summed E-state index contributed by atoms with van der Waals surface area (Å²) in [6.07, 6.45) is -1.48. The standard InChI is InChI=1S/C36H53N7O8/c1-24(2)20-29(40-25(3)44)34(47)41-30(21-26-12-14-28(15-13-26)50-23-27-10-8-7-9-11-27)35(48)42-31(22-32(45)51-36(4,5)6)33(46)38-16-18-49-19-17-39-43-37/h7-15,24,29-31,35,42,48H,16-23H2,1-6H3,(H,38,46)(H,40,44)(H,41,47)/t29-,30?,31+,35?/m1/s1. The Morgan fingerprint density at radius 2 is 1.61 bits per heavy atom. The van der Waals surface area contributed by atoms with Gasteiger partial charge in [0, 0.05) is 24.9 Å². The van der Waals surface area contributed by atoms with Gasteiger partial charge in [0.25, 0.3) is 0 Å². The molecule has 0 bridgehead atoms. The molecule has 51 heavy (non-hydrogen) atoms. The minimum absolute atomic E-state index is 0.0717. The van der Waals surface area contributed by atoms with Crippen molar-refractivity contribution in [3.05, 3.63) is 76.2 Å². The first-order chi connectivity index (χ1) is 24.2. The molecule has 280 valence electrons. The normalized spacial score (nSPS) is 13.6. The number of azide groups is 1. The number of benzene rings is 2. The molecule has 0 aliphatic rings. The van der Waals surface area contributed by atoms with Gasteiger partial charge in [-0.2, -0.15) is 0 Å². The Hall–Kier alpha value is -4.69. The first kappa shape index (κ1) is 42.5. The summed E-state index contributed by atoms with van der Waals surface area (Å²) in [5.74, 6) is -1.49. The highest BCUT2D eigenvalue weighted by Gasteiger charge is 2.32. The van der Waals surface area contributed by atoms with Crippen molar-refractivity contribution in [2.45, 2.75) is 97.4 Å². The molecule has 2 rings (SSSR count). The van der Waals surface area contributed by atoms with E-state index in [0.29, 0.717) is 18.8 Å². The van der Waals surface area contributed by atoms with Crippen LogP contribution in [0, 0.1) is 5.92 Å². The third kappa shape index (κ3) is 18.2. The molecule has 0 saturated carbocycles. The zero-order valence-electron chi connectivity index (χ0n) is 30.4. The fourth-order valence-electron chi connectivity index (χ4n) is 4.91. The van der Waals surface area contributed by atoms with E-state index in [4.69, 9.17) is 19.7 Å². The van der Waals surface area contributed by atoms with Crippen LogP contribution in [0.4, 0.5) is 0 Å². The minimum atomic E-state index is -1.53. The third-order valence-electron chi connectivity index (χ3n) is 7.16. The lowest BCUT2D eigenvalue weighted by Crippen LogP contribution is -2.60. The van der Waals surface area contributed by atoms with Crippen LogP contribution in [0.1, 0.15) is 65.5 Å². The quantitative estimate of drug-likeness (QED) is 0.0302.